The highest BCUT2D eigenvalue weighted by Gasteiger charge is 2.11. The predicted molar refractivity (Wildman–Crippen MR) is 68.3 cm³/mol. The maximum atomic E-state index is 13.6. The summed E-state index contributed by atoms with van der Waals surface area (Å²) in [5.74, 6) is -2.38. The molecule has 0 aliphatic rings. The topological polar surface area (TPSA) is 20.7 Å². The van der Waals surface area contributed by atoms with Gasteiger partial charge in [-0.15, -0.1) is 0 Å². The first-order chi connectivity index (χ1) is 9.08. The first-order valence-corrected chi connectivity index (χ1v) is 5.83. The molecule has 0 aliphatic heterocycles. The molecule has 0 spiro atoms. The lowest BCUT2D eigenvalue weighted by molar-refractivity contribution is 0.508. The molecule has 0 radical (unpaired) electrons. The third kappa shape index (κ3) is 1.84. The number of halogens is 3. The van der Waals surface area contributed by atoms with Crippen molar-refractivity contribution in [2.24, 2.45) is 0 Å². The largest absolute Gasteiger partial charge is 0.328 e. The summed E-state index contributed by atoms with van der Waals surface area (Å²) in [6.45, 7) is 0. The molecular formula is C13H7F3N2S. The van der Waals surface area contributed by atoms with Crippen molar-refractivity contribution in [3.63, 3.8) is 0 Å². The molecule has 0 saturated carbocycles. The number of H-pyrrole nitrogens is 1. The van der Waals surface area contributed by atoms with Crippen LogP contribution in [0.3, 0.4) is 0 Å². The first kappa shape index (κ1) is 12.0. The highest BCUT2D eigenvalue weighted by Crippen LogP contribution is 2.22. The SMILES string of the molecule is Fc1ccc(-n2c(=S)[nH]c3c(F)cccc32)cc1F. The van der Waals surface area contributed by atoms with Crippen molar-refractivity contribution in [2.45, 2.75) is 0 Å². The van der Waals surface area contributed by atoms with Crippen LogP contribution in [0.4, 0.5) is 13.2 Å². The van der Waals surface area contributed by atoms with Crippen molar-refractivity contribution in [1.82, 2.24) is 9.55 Å². The van der Waals surface area contributed by atoms with E-state index in [1.54, 1.807) is 6.07 Å². The lowest BCUT2D eigenvalue weighted by atomic mass is 10.2. The molecule has 3 rings (SSSR count). The summed E-state index contributed by atoms with van der Waals surface area (Å²) in [5, 5.41) is 0. The lowest BCUT2D eigenvalue weighted by Gasteiger charge is -2.05. The second-order valence-electron chi connectivity index (χ2n) is 4.00. The van der Waals surface area contributed by atoms with E-state index in [-0.39, 0.29) is 10.3 Å². The number of rotatable bonds is 1. The molecule has 0 bridgehead atoms. The Kier molecular flexibility index (Phi) is 2.67. The van der Waals surface area contributed by atoms with Crippen LogP contribution in [0.5, 0.6) is 0 Å². The van der Waals surface area contributed by atoms with Crippen LogP contribution in [-0.2, 0) is 0 Å². The van der Waals surface area contributed by atoms with Gasteiger partial charge in [0.2, 0.25) is 0 Å². The van der Waals surface area contributed by atoms with E-state index in [1.165, 1.54) is 22.8 Å². The fourth-order valence-corrected chi connectivity index (χ4v) is 2.28. The molecule has 2 nitrogen and oxygen atoms in total. The number of para-hydroxylation sites is 1. The van der Waals surface area contributed by atoms with E-state index in [0.717, 1.165) is 12.1 Å². The van der Waals surface area contributed by atoms with Gasteiger partial charge in [-0.1, -0.05) is 6.07 Å². The number of nitrogens with zero attached hydrogens (tertiary/aromatic N) is 1. The highest BCUT2D eigenvalue weighted by molar-refractivity contribution is 7.71. The Labute approximate surface area is 111 Å². The van der Waals surface area contributed by atoms with Crippen LogP contribution in [0.15, 0.2) is 36.4 Å². The predicted octanol–water partition coefficient (Wildman–Crippen LogP) is 4.11. The van der Waals surface area contributed by atoms with E-state index in [9.17, 15) is 13.2 Å². The minimum Gasteiger partial charge on any atom is -0.328 e. The molecule has 1 N–H and O–H groups in total. The molecule has 0 saturated heterocycles. The number of nitrogens with one attached hydrogen (secondary N) is 1. The standard InChI is InChI=1S/C13H7F3N2S/c14-8-5-4-7(6-10(8)16)18-11-3-1-2-9(15)12(11)17-13(18)19/h1-6H,(H,17,19). The number of fused-ring (bicyclic) bond motifs is 1. The van der Waals surface area contributed by atoms with Crippen molar-refractivity contribution < 1.29 is 13.2 Å². The monoisotopic (exact) mass is 280 g/mol. The van der Waals surface area contributed by atoms with Crippen LogP contribution >= 0.6 is 12.2 Å². The zero-order valence-electron chi connectivity index (χ0n) is 9.45. The van der Waals surface area contributed by atoms with Crippen LogP contribution in [-0.4, -0.2) is 9.55 Å². The van der Waals surface area contributed by atoms with Gasteiger partial charge < -0.3 is 4.98 Å². The third-order valence-corrected chi connectivity index (χ3v) is 3.11. The van der Waals surface area contributed by atoms with Gasteiger partial charge in [-0.2, -0.15) is 0 Å². The second-order valence-corrected chi connectivity index (χ2v) is 4.38. The summed E-state index contributed by atoms with van der Waals surface area (Å²) in [6, 6.07) is 7.87. The molecule has 0 fully saturated rings. The van der Waals surface area contributed by atoms with E-state index in [0.29, 0.717) is 11.2 Å². The first-order valence-electron chi connectivity index (χ1n) is 5.42. The molecule has 0 amide bonds. The fraction of sp³-hybridized carbons (Fsp3) is 0. The smallest absolute Gasteiger partial charge is 0.182 e. The minimum absolute atomic E-state index is 0.214. The number of imidazole rings is 1. The van der Waals surface area contributed by atoms with E-state index >= 15 is 0 Å². The number of hydrogen-bond donors (Lipinski definition) is 1. The van der Waals surface area contributed by atoms with Crippen LogP contribution in [0.2, 0.25) is 0 Å². The molecular weight excluding hydrogens is 273 g/mol. The quantitative estimate of drug-likeness (QED) is 0.665. The normalized spacial score (nSPS) is 11.1. The highest BCUT2D eigenvalue weighted by atomic mass is 32.1. The van der Waals surface area contributed by atoms with Crippen LogP contribution in [0.1, 0.15) is 0 Å². The average molecular weight is 280 g/mol. The second kappa shape index (κ2) is 4.24. The summed E-state index contributed by atoms with van der Waals surface area (Å²) < 4.78 is 41.5. The van der Waals surface area contributed by atoms with Crippen molar-refractivity contribution in [1.29, 1.82) is 0 Å². The van der Waals surface area contributed by atoms with Gasteiger partial charge >= 0.3 is 0 Å². The van der Waals surface area contributed by atoms with Crippen molar-refractivity contribution in [3.8, 4) is 5.69 Å². The zero-order valence-corrected chi connectivity index (χ0v) is 10.3. The summed E-state index contributed by atoms with van der Waals surface area (Å²) in [4.78, 5) is 2.71. The Morgan fingerprint density at radius 3 is 2.47 bits per heavy atom. The Morgan fingerprint density at radius 1 is 0.947 bits per heavy atom. The summed E-state index contributed by atoms with van der Waals surface area (Å²) in [7, 11) is 0. The Bertz CT molecular complexity index is 836. The van der Waals surface area contributed by atoms with Gasteiger partial charge in [-0.3, -0.25) is 4.57 Å². The number of aromatic nitrogens is 2. The molecule has 2 aromatic carbocycles. The number of aromatic amines is 1. The third-order valence-electron chi connectivity index (χ3n) is 2.83. The Balaban J connectivity index is 2.36. The molecule has 3 aromatic rings. The Hall–Kier alpha value is -2.08. The molecule has 0 atom stereocenters. The maximum Gasteiger partial charge on any atom is 0.182 e. The van der Waals surface area contributed by atoms with Crippen molar-refractivity contribution in [2.75, 3.05) is 0 Å². The van der Waals surface area contributed by atoms with E-state index in [1.807, 2.05) is 0 Å². The summed E-state index contributed by atoms with van der Waals surface area (Å²) in [6.07, 6.45) is 0. The van der Waals surface area contributed by atoms with E-state index < -0.39 is 17.5 Å². The van der Waals surface area contributed by atoms with Crippen LogP contribution in [0.25, 0.3) is 16.7 Å². The van der Waals surface area contributed by atoms with E-state index in [2.05, 4.69) is 4.98 Å². The summed E-state index contributed by atoms with van der Waals surface area (Å²) in [5.41, 5.74) is 1.04. The fourth-order valence-electron chi connectivity index (χ4n) is 1.98. The lowest BCUT2D eigenvalue weighted by Crippen LogP contribution is -1.96. The van der Waals surface area contributed by atoms with Crippen molar-refractivity contribution in [3.05, 3.63) is 58.6 Å². The van der Waals surface area contributed by atoms with E-state index in [4.69, 9.17) is 12.2 Å². The molecule has 1 aromatic heterocycles. The molecule has 6 heteroatoms. The van der Waals surface area contributed by atoms with Gasteiger partial charge in [0.15, 0.2) is 16.4 Å². The number of benzene rings is 2. The Morgan fingerprint density at radius 2 is 1.74 bits per heavy atom. The van der Waals surface area contributed by atoms with Gasteiger partial charge in [-0.05, 0) is 36.5 Å². The molecule has 19 heavy (non-hydrogen) atoms. The maximum absolute atomic E-state index is 13.6. The van der Waals surface area contributed by atoms with Gasteiger partial charge in [0.05, 0.1) is 11.2 Å². The molecule has 96 valence electrons. The molecule has 0 unspecified atom stereocenters. The van der Waals surface area contributed by atoms with Crippen LogP contribution in [0, 0.1) is 22.2 Å². The average Bonchev–Trinajstić information content (AvgIpc) is 2.71. The van der Waals surface area contributed by atoms with Gasteiger partial charge in [-0.25, -0.2) is 13.2 Å². The molecule has 1 heterocycles. The number of hydrogen-bond acceptors (Lipinski definition) is 1. The van der Waals surface area contributed by atoms with Gasteiger partial charge in [0.25, 0.3) is 0 Å². The van der Waals surface area contributed by atoms with Gasteiger partial charge in [0, 0.05) is 6.07 Å². The minimum atomic E-state index is -0.981. The van der Waals surface area contributed by atoms with Gasteiger partial charge in [0.1, 0.15) is 11.3 Å². The van der Waals surface area contributed by atoms with Crippen molar-refractivity contribution >= 4 is 23.3 Å². The van der Waals surface area contributed by atoms with Crippen LogP contribution < -0.4 is 0 Å². The molecule has 0 aliphatic carbocycles. The zero-order chi connectivity index (χ0) is 13.6. The summed E-state index contributed by atoms with van der Waals surface area (Å²) >= 11 is 5.10.